The van der Waals surface area contributed by atoms with Gasteiger partial charge in [-0.05, 0) is 0 Å². The van der Waals surface area contributed by atoms with Gasteiger partial charge < -0.3 is 19.4 Å². The number of nitrogens with one attached hydrogen (secondary N) is 2. The molecule has 34 heavy (non-hydrogen) atoms. The molecule has 0 radical (unpaired) electrons. The molecule has 2 saturated heterocycles. The number of halogens is 2. The molecule has 0 aliphatic carbocycles. The van der Waals surface area contributed by atoms with Crippen molar-refractivity contribution < 1.29 is 37.2 Å². The van der Waals surface area contributed by atoms with Crippen LogP contribution < -0.4 is 20.4 Å². The summed E-state index contributed by atoms with van der Waals surface area (Å²) >= 11 is 0. The zero-order chi connectivity index (χ0) is 24.2. The van der Waals surface area contributed by atoms with E-state index >= 15 is 0 Å². The Hall–Kier alpha value is -3.94. The summed E-state index contributed by atoms with van der Waals surface area (Å²) in [4.78, 5) is 47.2. The number of carbonyl (C=O) groups excluding carboxylic acids is 3. The minimum Gasteiger partial charge on any atom is -0.442 e. The van der Waals surface area contributed by atoms with E-state index in [2.05, 4.69) is 15.6 Å². The quantitative estimate of drug-likeness (QED) is 0.662. The van der Waals surface area contributed by atoms with Crippen LogP contribution in [0, 0.1) is 11.6 Å². The van der Waals surface area contributed by atoms with E-state index in [-0.39, 0.29) is 62.6 Å². The van der Waals surface area contributed by atoms with Crippen LogP contribution in [0.15, 0.2) is 29.0 Å². The summed E-state index contributed by atoms with van der Waals surface area (Å²) < 4.78 is 40.1. The third-order valence-electron chi connectivity index (χ3n) is 5.14. The fourth-order valence-corrected chi connectivity index (χ4v) is 3.58. The molecule has 12 nitrogen and oxygen atoms in total. The second-order valence-electron chi connectivity index (χ2n) is 7.50. The molecule has 14 heteroatoms. The van der Waals surface area contributed by atoms with E-state index in [0.29, 0.717) is 0 Å². The SMILES string of the molecule is CC(=O)NC[C@H]1CN(c2cc(F)c(N3CCON(C(=O)Nc4ncco4)CC3)c(F)c2)C(=O)O1. The van der Waals surface area contributed by atoms with E-state index in [4.69, 9.17) is 14.0 Å². The molecule has 2 N–H and O–H groups in total. The lowest BCUT2D eigenvalue weighted by Gasteiger charge is -2.24. The number of oxazole rings is 1. The summed E-state index contributed by atoms with van der Waals surface area (Å²) in [6, 6.07) is 1.43. The number of ether oxygens (including phenoxy) is 1. The average molecular weight is 480 g/mol. The molecule has 2 aliphatic rings. The molecule has 0 bridgehead atoms. The number of rotatable bonds is 5. The van der Waals surface area contributed by atoms with Crippen molar-refractivity contribution in [2.45, 2.75) is 13.0 Å². The van der Waals surface area contributed by atoms with Crippen molar-refractivity contribution in [1.82, 2.24) is 15.4 Å². The molecule has 0 saturated carbocycles. The van der Waals surface area contributed by atoms with Crippen molar-refractivity contribution in [3.63, 3.8) is 0 Å². The average Bonchev–Trinajstić information content (AvgIpc) is 3.35. The minimum atomic E-state index is -0.884. The highest BCUT2D eigenvalue weighted by atomic mass is 19.1. The molecule has 1 aromatic heterocycles. The number of carbonyl (C=O) groups is 3. The van der Waals surface area contributed by atoms with Crippen LogP contribution >= 0.6 is 0 Å². The monoisotopic (exact) mass is 480 g/mol. The van der Waals surface area contributed by atoms with E-state index in [0.717, 1.165) is 22.1 Å². The maximum atomic E-state index is 15.0. The van der Waals surface area contributed by atoms with Crippen LogP contribution in [0.5, 0.6) is 0 Å². The highest BCUT2D eigenvalue weighted by molar-refractivity contribution is 5.90. The topological polar surface area (TPSA) is 129 Å². The van der Waals surface area contributed by atoms with Crippen LogP contribution in [-0.2, 0) is 14.4 Å². The first-order chi connectivity index (χ1) is 16.3. The van der Waals surface area contributed by atoms with Crippen LogP contribution in [0.2, 0.25) is 0 Å². The molecule has 4 amide bonds. The number of anilines is 3. The van der Waals surface area contributed by atoms with Crippen molar-refractivity contribution >= 4 is 35.4 Å². The van der Waals surface area contributed by atoms with Crippen LogP contribution in [0.25, 0.3) is 0 Å². The van der Waals surface area contributed by atoms with Crippen molar-refractivity contribution in [2.24, 2.45) is 0 Å². The zero-order valence-corrected chi connectivity index (χ0v) is 18.1. The molecular formula is C20H22F2N6O6. The first-order valence-electron chi connectivity index (χ1n) is 10.4. The number of hydroxylamine groups is 2. The maximum Gasteiger partial charge on any atom is 0.414 e. The predicted octanol–water partition coefficient (Wildman–Crippen LogP) is 1.70. The Morgan fingerprint density at radius 1 is 1.21 bits per heavy atom. The lowest BCUT2D eigenvalue weighted by Crippen LogP contribution is -2.37. The van der Waals surface area contributed by atoms with E-state index < -0.39 is 29.9 Å². The third kappa shape index (κ3) is 5.17. The van der Waals surface area contributed by atoms with E-state index in [1.54, 1.807) is 0 Å². The van der Waals surface area contributed by atoms with Gasteiger partial charge in [-0.25, -0.2) is 28.4 Å². The standard InChI is InChI=1S/C20H22F2N6O6/c1-12(29)24-10-14-11-27(20(31)34-14)13-8-15(21)17(16(22)9-13)26-3-4-28(33-7-5-26)19(30)25-18-23-2-6-32-18/h2,6,8-9,14H,3-5,7,10-11H2,1H3,(H,24,29)(H,23,25,30)/t14-/m0/s1. The molecule has 1 aromatic carbocycles. The third-order valence-corrected chi connectivity index (χ3v) is 5.14. The van der Waals surface area contributed by atoms with Crippen LogP contribution in [0.1, 0.15) is 6.92 Å². The lowest BCUT2D eigenvalue weighted by molar-refractivity contribution is -0.119. The molecule has 0 unspecified atom stereocenters. The van der Waals surface area contributed by atoms with Gasteiger partial charge in [0.25, 0.3) is 0 Å². The second kappa shape index (κ2) is 9.91. The summed E-state index contributed by atoms with van der Waals surface area (Å²) in [5.74, 6) is -2.05. The largest absolute Gasteiger partial charge is 0.442 e. The Bertz CT molecular complexity index is 1040. The van der Waals surface area contributed by atoms with Gasteiger partial charge in [0.2, 0.25) is 5.91 Å². The van der Waals surface area contributed by atoms with Crippen molar-refractivity contribution in [1.29, 1.82) is 0 Å². The van der Waals surface area contributed by atoms with Gasteiger partial charge in [-0.1, -0.05) is 0 Å². The van der Waals surface area contributed by atoms with Crippen molar-refractivity contribution in [3.05, 3.63) is 36.2 Å². The smallest absolute Gasteiger partial charge is 0.414 e. The van der Waals surface area contributed by atoms with Crippen LogP contribution in [-0.4, -0.2) is 73.5 Å². The molecule has 182 valence electrons. The van der Waals surface area contributed by atoms with E-state index in [9.17, 15) is 23.2 Å². The normalized spacial score (nSPS) is 18.5. The zero-order valence-electron chi connectivity index (χ0n) is 18.1. The highest BCUT2D eigenvalue weighted by Crippen LogP contribution is 2.31. The first-order valence-corrected chi connectivity index (χ1v) is 10.4. The number of hydrogen-bond donors (Lipinski definition) is 2. The van der Waals surface area contributed by atoms with E-state index in [1.807, 2.05) is 0 Å². The Balaban J connectivity index is 1.42. The summed E-state index contributed by atoms with van der Waals surface area (Å²) in [6.07, 6.45) is 1.25. The summed E-state index contributed by atoms with van der Waals surface area (Å²) in [6.45, 7) is 1.64. The van der Waals surface area contributed by atoms with Crippen LogP contribution in [0.3, 0.4) is 0 Å². The first kappa shape index (κ1) is 23.2. The number of nitrogens with zero attached hydrogens (tertiary/aromatic N) is 4. The van der Waals surface area contributed by atoms with Gasteiger partial charge in [0.1, 0.15) is 18.1 Å². The lowest BCUT2D eigenvalue weighted by atomic mass is 10.2. The number of amides is 4. The van der Waals surface area contributed by atoms with Crippen molar-refractivity contribution in [2.75, 3.05) is 54.4 Å². The number of benzene rings is 1. The Kier molecular flexibility index (Phi) is 6.77. The Morgan fingerprint density at radius 2 is 1.97 bits per heavy atom. The molecule has 2 aromatic rings. The summed E-state index contributed by atoms with van der Waals surface area (Å²) in [5, 5.41) is 5.95. The molecular weight excluding hydrogens is 458 g/mol. The van der Waals surface area contributed by atoms with Gasteiger partial charge in [0, 0.05) is 32.1 Å². The summed E-state index contributed by atoms with van der Waals surface area (Å²) in [5.41, 5.74) is -0.309. The van der Waals surface area contributed by atoms with Crippen molar-refractivity contribution in [3.8, 4) is 0 Å². The van der Waals surface area contributed by atoms with Gasteiger partial charge in [0.15, 0.2) is 11.6 Å². The molecule has 3 heterocycles. The van der Waals surface area contributed by atoms with Gasteiger partial charge >= 0.3 is 18.1 Å². The number of aromatic nitrogens is 1. The minimum absolute atomic E-state index is 0.00732. The van der Waals surface area contributed by atoms with Gasteiger partial charge in [-0.15, -0.1) is 0 Å². The molecule has 0 spiro atoms. The molecule has 2 aliphatic heterocycles. The van der Waals surface area contributed by atoms with Crippen LogP contribution in [0.4, 0.5) is 35.8 Å². The second-order valence-corrected chi connectivity index (χ2v) is 7.50. The number of hydrogen-bond acceptors (Lipinski definition) is 8. The maximum absolute atomic E-state index is 15.0. The molecule has 2 fully saturated rings. The fourth-order valence-electron chi connectivity index (χ4n) is 3.58. The van der Waals surface area contributed by atoms with Gasteiger partial charge in [0.05, 0.1) is 38.1 Å². The van der Waals surface area contributed by atoms with E-state index in [1.165, 1.54) is 24.3 Å². The summed E-state index contributed by atoms with van der Waals surface area (Å²) in [7, 11) is 0. The Labute approximate surface area is 192 Å². The molecule has 4 rings (SSSR count). The number of urea groups is 1. The van der Waals surface area contributed by atoms with Gasteiger partial charge in [-0.3, -0.25) is 19.8 Å². The Morgan fingerprint density at radius 3 is 2.65 bits per heavy atom. The fraction of sp³-hybridized carbons (Fsp3) is 0.400. The van der Waals surface area contributed by atoms with Gasteiger partial charge in [-0.2, -0.15) is 0 Å². The highest BCUT2D eigenvalue weighted by Gasteiger charge is 2.34. The predicted molar refractivity (Wildman–Crippen MR) is 113 cm³/mol. The molecule has 1 atom stereocenters. The number of cyclic esters (lactones) is 1.